The molecular formula is C11H18N2O3S. The highest BCUT2D eigenvalue weighted by Gasteiger charge is 2.32. The molecule has 2 atom stereocenters. The quantitative estimate of drug-likeness (QED) is 0.834. The van der Waals surface area contributed by atoms with E-state index in [4.69, 9.17) is 0 Å². The number of hydrogen-bond acceptors (Lipinski definition) is 4. The summed E-state index contributed by atoms with van der Waals surface area (Å²) in [6.45, 7) is 0. The summed E-state index contributed by atoms with van der Waals surface area (Å²) in [6, 6.07) is 0. The molecule has 2 unspecified atom stereocenters. The summed E-state index contributed by atoms with van der Waals surface area (Å²) in [5.41, 5.74) is 1.08. The minimum atomic E-state index is -2.90. The zero-order valence-corrected chi connectivity index (χ0v) is 10.7. The molecule has 1 aliphatic rings. The third-order valence-corrected chi connectivity index (χ3v) is 5.09. The van der Waals surface area contributed by atoms with E-state index in [9.17, 15) is 13.5 Å². The van der Waals surface area contributed by atoms with Crippen LogP contribution in [-0.4, -0.2) is 40.9 Å². The summed E-state index contributed by atoms with van der Waals surface area (Å²) in [5, 5.41) is 14.0. The lowest BCUT2D eigenvalue weighted by Crippen LogP contribution is -2.22. The van der Waals surface area contributed by atoms with Crippen LogP contribution in [0.4, 0.5) is 0 Å². The van der Waals surface area contributed by atoms with E-state index in [2.05, 4.69) is 5.10 Å². The summed E-state index contributed by atoms with van der Waals surface area (Å²) < 4.78 is 24.3. The fourth-order valence-electron chi connectivity index (χ4n) is 2.28. The van der Waals surface area contributed by atoms with Crippen molar-refractivity contribution in [3.63, 3.8) is 0 Å². The van der Waals surface area contributed by atoms with Gasteiger partial charge in [-0.25, -0.2) is 8.42 Å². The average Bonchev–Trinajstić information content (AvgIpc) is 2.81. The SMILES string of the molecule is Cn1cc(CCC(O)C2CCS(=O)(=O)C2)cn1. The molecular weight excluding hydrogens is 240 g/mol. The van der Waals surface area contributed by atoms with Gasteiger partial charge in [0.05, 0.1) is 23.8 Å². The topological polar surface area (TPSA) is 72.2 Å². The van der Waals surface area contributed by atoms with Crippen molar-refractivity contribution in [2.75, 3.05) is 11.5 Å². The highest BCUT2D eigenvalue weighted by Crippen LogP contribution is 2.24. The van der Waals surface area contributed by atoms with Crippen molar-refractivity contribution in [1.29, 1.82) is 0 Å². The molecule has 2 heterocycles. The van der Waals surface area contributed by atoms with Gasteiger partial charge in [0.1, 0.15) is 0 Å². The Morgan fingerprint density at radius 2 is 2.41 bits per heavy atom. The van der Waals surface area contributed by atoms with Gasteiger partial charge in [0.25, 0.3) is 0 Å². The standard InChI is InChI=1S/C11H18N2O3S/c1-13-7-9(6-12-13)2-3-11(14)10-4-5-17(15,16)8-10/h6-7,10-11,14H,2-5,8H2,1H3. The maximum Gasteiger partial charge on any atom is 0.150 e. The fraction of sp³-hybridized carbons (Fsp3) is 0.727. The van der Waals surface area contributed by atoms with E-state index in [1.807, 2.05) is 13.2 Å². The lowest BCUT2D eigenvalue weighted by atomic mass is 9.97. The molecule has 1 fully saturated rings. The van der Waals surface area contributed by atoms with Crippen molar-refractivity contribution in [2.24, 2.45) is 13.0 Å². The maximum atomic E-state index is 11.3. The van der Waals surface area contributed by atoms with E-state index in [1.165, 1.54) is 0 Å². The van der Waals surface area contributed by atoms with Crippen LogP contribution >= 0.6 is 0 Å². The van der Waals surface area contributed by atoms with Crippen LogP contribution < -0.4 is 0 Å². The predicted octanol–water partition coefficient (Wildman–Crippen LogP) is 0.148. The smallest absolute Gasteiger partial charge is 0.150 e. The minimum Gasteiger partial charge on any atom is -0.393 e. The number of sulfone groups is 1. The molecule has 0 aromatic carbocycles. The number of aliphatic hydroxyl groups excluding tert-OH is 1. The van der Waals surface area contributed by atoms with Crippen LogP contribution in [0.5, 0.6) is 0 Å². The van der Waals surface area contributed by atoms with Crippen LogP contribution in [-0.2, 0) is 23.3 Å². The third kappa shape index (κ3) is 3.29. The monoisotopic (exact) mass is 258 g/mol. The number of aromatic nitrogens is 2. The molecule has 0 radical (unpaired) electrons. The van der Waals surface area contributed by atoms with Crippen molar-refractivity contribution in [1.82, 2.24) is 9.78 Å². The van der Waals surface area contributed by atoms with Gasteiger partial charge in [0.2, 0.25) is 0 Å². The van der Waals surface area contributed by atoms with Gasteiger partial charge in [-0.3, -0.25) is 4.68 Å². The lowest BCUT2D eigenvalue weighted by molar-refractivity contribution is 0.111. The number of hydrogen-bond donors (Lipinski definition) is 1. The molecule has 1 aromatic heterocycles. The van der Waals surface area contributed by atoms with Gasteiger partial charge >= 0.3 is 0 Å². The molecule has 0 aliphatic carbocycles. The number of rotatable bonds is 4. The van der Waals surface area contributed by atoms with E-state index >= 15 is 0 Å². The molecule has 17 heavy (non-hydrogen) atoms. The minimum absolute atomic E-state index is 0.0864. The Morgan fingerprint density at radius 3 is 2.94 bits per heavy atom. The van der Waals surface area contributed by atoms with Crippen molar-refractivity contribution >= 4 is 9.84 Å². The van der Waals surface area contributed by atoms with Gasteiger partial charge in [-0.05, 0) is 30.7 Å². The highest BCUT2D eigenvalue weighted by molar-refractivity contribution is 7.91. The molecule has 1 aromatic rings. The molecule has 1 aliphatic heterocycles. The molecule has 0 saturated carbocycles. The summed E-state index contributed by atoms with van der Waals surface area (Å²) in [5.74, 6) is 0.277. The molecule has 5 nitrogen and oxygen atoms in total. The van der Waals surface area contributed by atoms with Gasteiger partial charge in [-0.2, -0.15) is 5.10 Å². The van der Waals surface area contributed by atoms with Crippen molar-refractivity contribution in [3.8, 4) is 0 Å². The van der Waals surface area contributed by atoms with E-state index in [-0.39, 0.29) is 17.4 Å². The van der Waals surface area contributed by atoms with Gasteiger partial charge in [-0.15, -0.1) is 0 Å². The first-order chi connectivity index (χ1) is 7.96. The van der Waals surface area contributed by atoms with E-state index in [1.54, 1.807) is 10.9 Å². The number of aliphatic hydroxyl groups is 1. The third-order valence-electron chi connectivity index (χ3n) is 3.30. The van der Waals surface area contributed by atoms with E-state index in [0.29, 0.717) is 12.8 Å². The second kappa shape index (κ2) is 4.78. The number of nitrogens with zero attached hydrogens (tertiary/aromatic N) is 2. The Morgan fingerprint density at radius 1 is 1.65 bits per heavy atom. The van der Waals surface area contributed by atoms with Crippen LogP contribution in [0.15, 0.2) is 12.4 Å². The molecule has 2 rings (SSSR count). The molecule has 0 amide bonds. The summed E-state index contributed by atoms with van der Waals surface area (Å²) in [6.07, 6.45) is 5.11. The molecule has 1 N–H and O–H groups in total. The molecule has 6 heteroatoms. The van der Waals surface area contributed by atoms with Crippen LogP contribution in [0, 0.1) is 5.92 Å². The Balaban J connectivity index is 1.84. The Labute approximate surface area is 101 Å². The van der Waals surface area contributed by atoms with Gasteiger partial charge in [0.15, 0.2) is 9.84 Å². The van der Waals surface area contributed by atoms with E-state index < -0.39 is 15.9 Å². The van der Waals surface area contributed by atoms with E-state index in [0.717, 1.165) is 12.0 Å². The van der Waals surface area contributed by atoms with Crippen LogP contribution in [0.3, 0.4) is 0 Å². The Kier molecular flexibility index (Phi) is 3.53. The molecule has 1 saturated heterocycles. The Bertz CT molecular complexity index is 481. The van der Waals surface area contributed by atoms with Crippen molar-refractivity contribution in [2.45, 2.75) is 25.4 Å². The maximum absolute atomic E-state index is 11.3. The fourth-order valence-corrected chi connectivity index (χ4v) is 4.15. The lowest BCUT2D eigenvalue weighted by Gasteiger charge is -2.15. The number of aryl methyl sites for hydroxylation is 2. The van der Waals surface area contributed by atoms with Gasteiger partial charge in [-0.1, -0.05) is 0 Å². The van der Waals surface area contributed by atoms with Crippen molar-refractivity contribution < 1.29 is 13.5 Å². The Hall–Kier alpha value is -0.880. The first-order valence-corrected chi connectivity index (χ1v) is 7.64. The summed E-state index contributed by atoms with van der Waals surface area (Å²) in [7, 11) is -1.05. The largest absolute Gasteiger partial charge is 0.393 e. The average molecular weight is 258 g/mol. The zero-order valence-electron chi connectivity index (χ0n) is 9.91. The van der Waals surface area contributed by atoms with Crippen LogP contribution in [0.25, 0.3) is 0 Å². The summed E-state index contributed by atoms with van der Waals surface area (Å²) >= 11 is 0. The zero-order chi connectivity index (χ0) is 12.5. The van der Waals surface area contributed by atoms with Crippen LogP contribution in [0.2, 0.25) is 0 Å². The molecule has 0 bridgehead atoms. The molecule has 0 spiro atoms. The summed E-state index contributed by atoms with van der Waals surface area (Å²) in [4.78, 5) is 0. The van der Waals surface area contributed by atoms with Crippen LogP contribution in [0.1, 0.15) is 18.4 Å². The van der Waals surface area contributed by atoms with Gasteiger partial charge in [0, 0.05) is 13.2 Å². The normalized spacial score (nSPS) is 24.9. The highest BCUT2D eigenvalue weighted by atomic mass is 32.2. The van der Waals surface area contributed by atoms with Gasteiger partial charge < -0.3 is 5.11 Å². The van der Waals surface area contributed by atoms with Crippen molar-refractivity contribution in [3.05, 3.63) is 18.0 Å². The second-order valence-corrected chi connectivity index (χ2v) is 7.02. The molecule has 96 valence electrons. The second-order valence-electron chi connectivity index (χ2n) is 4.79. The first-order valence-electron chi connectivity index (χ1n) is 5.82. The predicted molar refractivity (Wildman–Crippen MR) is 64.3 cm³/mol. The first kappa shape index (κ1) is 12.6.